The van der Waals surface area contributed by atoms with Crippen molar-refractivity contribution in [3.8, 4) is 0 Å². The van der Waals surface area contributed by atoms with Gasteiger partial charge in [0.25, 0.3) is 0 Å². The highest BCUT2D eigenvalue weighted by Gasteiger charge is 2.14. The van der Waals surface area contributed by atoms with Crippen LogP contribution < -0.4 is 5.32 Å². The van der Waals surface area contributed by atoms with Crippen LogP contribution in [0.4, 0.5) is 5.82 Å². The van der Waals surface area contributed by atoms with Crippen LogP contribution in [0.25, 0.3) is 10.2 Å². The molecule has 0 radical (unpaired) electrons. The zero-order valence-electron chi connectivity index (χ0n) is 11.5. The topological polar surface area (TPSA) is 47.0 Å². The number of hydrogen-bond donors (Lipinski definition) is 1. The lowest BCUT2D eigenvalue weighted by Gasteiger charge is -2.22. The Morgan fingerprint density at radius 1 is 1.45 bits per heavy atom. The van der Waals surface area contributed by atoms with Crippen molar-refractivity contribution >= 4 is 39.0 Å². The number of aryl methyl sites for hydroxylation is 1. The number of aromatic nitrogens is 2. The van der Waals surface area contributed by atoms with Crippen LogP contribution in [0, 0.1) is 6.92 Å². The van der Waals surface area contributed by atoms with E-state index in [2.05, 4.69) is 28.3 Å². The van der Waals surface area contributed by atoms with Gasteiger partial charge in [-0.25, -0.2) is 9.97 Å². The molecule has 1 aliphatic rings. The summed E-state index contributed by atoms with van der Waals surface area (Å²) in [5.41, 5.74) is 0. The summed E-state index contributed by atoms with van der Waals surface area (Å²) in [6.07, 6.45) is 5.03. The average Bonchev–Trinajstić information content (AvgIpc) is 2.80. The molecule has 2 aromatic rings. The molecule has 1 aliphatic heterocycles. The Bertz CT molecular complexity index is 595. The second-order valence-electron chi connectivity index (χ2n) is 5.12. The van der Waals surface area contributed by atoms with Crippen LogP contribution in [-0.2, 0) is 4.74 Å². The normalized spacial score (nSPS) is 19.4. The quantitative estimate of drug-likeness (QED) is 0.866. The first-order valence-electron chi connectivity index (χ1n) is 7.01. The Kier molecular flexibility index (Phi) is 4.38. The van der Waals surface area contributed by atoms with Gasteiger partial charge >= 0.3 is 0 Å². The third-order valence-electron chi connectivity index (χ3n) is 3.52. The fourth-order valence-electron chi connectivity index (χ4n) is 2.54. The number of nitrogens with one attached hydrogen (secondary N) is 1. The van der Waals surface area contributed by atoms with Crippen molar-refractivity contribution in [1.82, 2.24) is 9.97 Å². The molecule has 108 valence electrons. The van der Waals surface area contributed by atoms with Crippen molar-refractivity contribution < 1.29 is 4.74 Å². The highest BCUT2D eigenvalue weighted by atomic mass is 35.5. The SMILES string of the molecule is Cc1cc2c(NCCC3CCCCO3)nc(Cl)nc2s1. The molecule has 1 fully saturated rings. The van der Waals surface area contributed by atoms with E-state index in [0.717, 1.165) is 35.6 Å². The van der Waals surface area contributed by atoms with Gasteiger partial charge in [0.2, 0.25) is 5.28 Å². The van der Waals surface area contributed by atoms with Crippen molar-refractivity contribution in [1.29, 1.82) is 0 Å². The average molecular weight is 312 g/mol. The fourth-order valence-corrected chi connectivity index (χ4v) is 3.64. The van der Waals surface area contributed by atoms with Gasteiger partial charge in [0.15, 0.2) is 0 Å². The Morgan fingerprint density at radius 3 is 3.15 bits per heavy atom. The number of halogens is 1. The molecule has 0 aliphatic carbocycles. The molecule has 1 atom stereocenters. The summed E-state index contributed by atoms with van der Waals surface area (Å²) in [4.78, 5) is 10.7. The van der Waals surface area contributed by atoms with Gasteiger partial charge in [-0.3, -0.25) is 0 Å². The van der Waals surface area contributed by atoms with E-state index < -0.39 is 0 Å². The Hall–Kier alpha value is -0.910. The Balaban J connectivity index is 1.67. The number of anilines is 1. The third kappa shape index (κ3) is 3.22. The van der Waals surface area contributed by atoms with E-state index in [9.17, 15) is 0 Å². The number of fused-ring (bicyclic) bond motifs is 1. The van der Waals surface area contributed by atoms with E-state index in [1.54, 1.807) is 11.3 Å². The van der Waals surface area contributed by atoms with Crippen LogP contribution in [0.1, 0.15) is 30.6 Å². The molecule has 3 rings (SSSR count). The van der Waals surface area contributed by atoms with E-state index in [1.807, 2.05) is 0 Å². The van der Waals surface area contributed by atoms with Crippen LogP contribution in [-0.4, -0.2) is 29.2 Å². The van der Waals surface area contributed by atoms with Crippen molar-refractivity contribution in [3.63, 3.8) is 0 Å². The minimum absolute atomic E-state index is 0.302. The predicted molar refractivity (Wildman–Crippen MR) is 83.9 cm³/mol. The van der Waals surface area contributed by atoms with Gasteiger partial charge < -0.3 is 10.1 Å². The van der Waals surface area contributed by atoms with Gasteiger partial charge in [-0.15, -0.1) is 11.3 Å². The predicted octanol–water partition coefficient (Wildman–Crippen LogP) is 4.02. The lowest BCUT2D eigenvalue weighted by Crippen LogP contribution is -2.22. The second kappa shape index (κ2) is 6.24. The molecule has 20 heavy (non-hydrogen) atoms. The smallest absolute Gasteiger partial charge is 0.225 e. The summed E-state index contributed by atoms with van der Waals surface area (Å²) in [7, 11) is 0. The first-order valence-corrected chi connectivity index (χ1v) is 8.21. The number of nitrogens with zero attached hydrogens (tertiary/aromatic N) is 2. The zero-order chi connectivity index (χ0) is 13.9. The molecule has 0 amide bonds. The van der Waals surface area contributed by atoms with E-state index in [4.69, 9.17) is 16.3 Å². The fraction of sp³-hybridized carbons (Fsp3) is 0.571. The molecule has 1 N–H and O–H groups in total. The summed E-state index contributed by atoms with van der Waals surface area (Å²) in [5.74, 6) is 0.833. The maximum absolute atomic E-state index is 5.98. The maximum Gasteiger partial charge on any atom is 0.225 e. The molecule has 0 aromatic carbocycles. The van der Waals surface area contributed by atoms with Gasteiger partial charge in [0, 0.05) is 18.0 Å². The van der Waals surface area contributed by atoms with E-state index in [-0.39, 0.29) is 0 Å². The molecular weight excluding hydrogens is 294 g/mol. The third-order valence-corrected chi connectivity index (χ3v) is 4.63. The first kappa shape index (κ1) is 14.0. The summed E-state index contributed by atoms with van der Waals surface area (Å²) in [6, 6.07) is 2.11. The monoisotopic (exact) mass is 311 g/mol. The molecule has 1 saturated heterocycles. The largest absolute Gasteiger partial charge is 0.378 e. The van der Waals surface area contributed by atoms with Crippen LogP contribution in [0.2, 0.25) is 5.28 Å². The number of ether oxygens (including phenoxy) is 1. The molecule has 0 bridgehead atoms. The molecule has 2 aromatic heterocycles. The van der Waals surface area contributed by atoms with E-state index >= 15 is 0 Å². The summed E-state index contributed by atoms with van der Waals surface area (Å²) in [5, 5.41) is 4.74. The number of thiophene rings is 1. The summed E-state index contributed by atoms with van der Waals surface area (Å²) < 4.78 is 5.73. The van der Waals surface area contributed by atoms with Gasteiger partial charge in [-0.05, 0) is 50.3 Å². The van der Waals surface area contributed by atoms with Crippen LogP contribution in [0.3, 0.4) is 0 Å². The van der Waals surface area contributed by atoms with Crippen molar-refractivity contribution in [2.45, 2.75) is 38.7 Å². The van der Waals surface area contributed by atoms with E-state index in [0.29, 0.717) is 11.4 Å². The van der Waals surface area contributed by atoms with Gasteiger partial charge in [0.05, 0.1) is 11.5 Å². The van der Waals surface area contributed by atoms with Gasteiger partial charge in [0.1, 0.15) is 10.6 Å². The van der Waals surface area contributed by atoms with E-state index in [1.165, 1.54) is 24.1 Å². The molecule has 6 heteroatoms. The lowest BCUT2D eigenvalue weighted by molar-refractivity contribution is 0.0134. The van der Waals surface area contributed by atoms with Gasteiger partial charge in [-0.1, -0.05) is 0 Å². The molecular formula is C14H18ClN3OS. The van der Waals surface area contributed by atoms with Crippen molar-refractivity contribution in [2.75, 3.05) is 18.5 Å². The molecule has 1 unspecified atom stereocenters. The minimum Gasteiger partial charge on any atom is -0.378 e. The summed E-state index contributed by atoms with van der Waals surface area (Å²) >= 11 is 7.62. The Labute approximate surface area is 127 Å². The minimum atomic E-state index is 0.302. The molecule has 3 heterocycles. The van der Waals surface area contributed by atoms with Gasteiger partial charge in [-0.2, -0.15) is 0 Å². The number of rotatable bonds is 4. The standard InChI is InChI=1S/C14H18ClN3OS/c1-9-8-11-12(17-14(15)18-13(11)20-9)16-6-5-10-4-2-3-7-19-10/h8,10H,2-7H2,1H3,(H,16,17,18). The van der Waals surface area contributed by atoms with Crippen LogP contribution in [0.15, 0.2) is 6.07 Å². The van der Waals surface area contributed by atoms with Crippen LogP contribution in [0.5, 0.6) is 0 Å². The summed E-state index contributed by atoms with van der Waals surface area (Å²) in [6.45, 7) is 3.82. The molecule has 0 spiro atoms. The highest BCUT2D eigenvalue weighted by Crippen LogP contribution is 2.29. The zero-order valence-corrected chi connectivity index (χ0v) is 13.1. The number of hydrogen-bond acceptors (Lipinski definition) is 5. The Morgan fingerprint density at radius 2 is 2.35 bits per heavy atom. The second-order valence-corrected chi connectivity index (χ2v) is 6.69. The first-order chi connectivity index (χ1) is 9.72. The van der Waals surface area contributed by atoms with Crippen molar-refractivity contribution in [2.24, 2.45) is 0 Å². The lowest BCUT2D eigenvalue weighted by atomic mass is 10.1. The van der Waals surface area contributed by atoms with Crippen LogP contribution >= 0.6 is 22.9 Å². The van der Waals surface area contributed by atoms with Crippen molar-refractivity contribution in [3.05, 3.63) is 16.2 Å². The molecule has 0 saturated carbocycles. The molecule has 4 nitrogen and oxygen atoms in total. The maximum atomic E-state index is 5.98. The highest BCUT2D eigenvalue weighted by molar-refractivity contribution is 7.18.